The summed E-state index contributed by atoms with van der Waals surface area (Å²) in [4.78, 5) is 27.6. The first-order valence-corrected chi connectivity index (χ1v) is 6.24. The monoisotopic (exact) mass is 258 g/mol. The van der Waals surface area contributed by atoms with Crippen LogP contribution in [0.25, 0.3) is 0 Å². The Hall–Kier alpha value is -2.37. The molecule has 0 bridgehead atoms. The minimum absolute atomic E-state index is 0.0926. The molecule has 1 aliphatic carbocycles. The number of hydrogen-bond acceptors (Lipinski definition) is 3. The van der Waals surface area contributed by atoms with Crippen LogP contribution in [0.3, 0.4) is 0 Å². The molecule has 0 saturated heterocycles. The van der Waals surface area contributed by atoms with Crippen LogP contribution in [-0.4, -0.2) is 21.1 Å². The van der Waals surface area contributed by atoms with E-state index in [1.165, 1.54) is 0 Å². The molecule has 1 amide bonds. The van der Waals surface area contributed by atoms with Gasteiger partial charge in [-0.05, 0) is 25.0 Å². The number of aromatic amines is 2. The van der Waals surface area contributed by atoms with Crippen molar-refractivity contribution in [2.45, 2.75) is 19.4 Å². The van der Waals surface area contributed by atoms with E-state index in [1.54, 1.807) is 4.90 Å². The molecule has 1 aromatic heterocycles. The van der Waals surface area contributed by atoms with Gasteiger partial charge >= 0.3 is 5.69 Å². The average molecular weight is 258 g/mol. The van der Waals surface area contributed by atoms with E-state index in [9.17, 15) is 9.59 Å². The van der Waals surface area contributed by atoms with Crippen molar-refractivity contribution in [1.82, 2.24) is 15.2 Å². The molecule has 0 atom stereocenters. The van der Waals surface area contributed by atoms with Crippen molar-refractivity contribution in [1.29, 1.82) is 0 Å². The molecule has 6 nitrogen and oxygen atoms in total. The Labute approximate surface area is 109 Å². The first kappa shape index (κ1) is 11.7. The number of rotatable bonds is 4. The van der Waals surface area contributed by atoms with Gasteiger partial charge in [0.05, 0.1) is 6.54 Å². The van der Waals surface area contributed by atoms with Crippen molar-refractivity contribution in [3.05, 3.63) is 46.6 Å². The van der Waals surface area contributed by atoms with Gasteiger partial charge in [0.25, 0.3) is 0 Å². The molecule has 2 aromatic rings. The zero-order valence-electron chi connectivity index (χ0n) is 10.3. The number of nitrogens with one attached hydrogen (secondary N) is 2. The fourth-order valence-corrected chi connectivity index (χ4v) is 1.98. The number of carbonyl (C=O) groups excluding carboxylic acids is 1. The van der Waals surface area contributed by atoms with Crippen molar-refractivity contribution in [2.24, 2.45) is 5.92 Å². The van der Waals surface area contributed by atoms with Crippen LogP contribution in [0.4, 0.5) is 5.69 Å². The fourth-order valence-electron chi connectivity index (χ4n) is 1.98. The lowest BCUT2D eigenvalue weighted by molar-refractivity contribution is -0.119. The number of benzene rings is 1. The van der Waals surface area contributed by atoms with Gasteiger partial charge in [0, 0.05) is 11.6 Å². The first-order chi connectivity index (χ1) is 9.24. The van der Waals surface area contributed by atoms with Crippen LogP contribution in [0.5, 0.6) is 0 Å². The smallest absolute Gasteiger partial charge is 0.305 e. The van der Waals surface area contributed by atoms with E-state index >= 15 is 0 Å². The van der Waals surface area contributed by atoms with E-state index < -0.39 is 0 Å². The molecule has 0 unspecified atom stereocenters. The molecule has 3 rings (SSSR count). The molecule has 1 fully saturated rings. The lowest BCUT2D eigenvalue weighted by Crippen LogP contribution is -2.32. The molecule has 0 spiro atoms. The molecule has 98 valence electrons. The van der Waals surface area contributed by atoms with Crippen molar-refractivity contribution in [3.63, 3.8) is 0 Å². The SMILES string of the molecule is O=C(C1CC1)N(Cc1n[nH]c(=O)[nH]1)c1ccccc1. The zero-order chi connectivity index (χ0) is 13.2. The largest absolute Gasteiger partial charge is 0.340 e. The van der Waals surface area contributed by atoms with Crippen LogP contribution in [0.2, 0.25) is 0 Å². The van der Waals surface area contributed by atoms with E-state index in [2.05, 4.69) is 15.2 Å². The maximum atomic E-state index is 12.3. The van der Waals surface area contributed by atoms with Crippen LogP contribution in [0, 0.1) is 5.92 Å². The predicted octanol–water partition coefficient (Wildman–Crippen LogP) is 1.04. The van der Waals surface area contributed by atoms with Crippen LogP contribution in [0.1, 0.15) is 18.7 Å². The molecule has 0 aliphatic heterocycles. The van der Waals surface area contributed by atoms with E-state index in [-0.39, 0.29) is 24.1 Å². The van der Waals surface area contributed by atoms with Gasteiger partial charge in [-0.25, -0.2) is 9.89 Å². The topological polar surface area (TPSA) is 81.8 Å². The second kappa shape index (κ2) is 4.72. The highest BCUT2D eigenvalue weighted by Gasteiger charge is 2.34. The summed E-state index contributed by atoms with van der Waals surface area (Å²) in [6.45, 7) is 0.276. The zero-order valence-corrected chi connectivity index (χ0v) is 10.3. The van der Waals surface area contributed by atoms with Crippen molar-refractivity contribution >= 4 is 11.6 Å². The molecular formula is C13H14N4O2. The van der Waals surface area contributed by atoms with Crippen LogP contribution < -0.4 is 10.6 Å². The van der Waals surface area contributed by atoms with Gasteiger partial charge in [-0.3, -0.25) is 9.78 Å². The molecule has 19 heavy (non-hydrogen) atoms. The molecule has 1 aromatic carbocycles. The van der Waals surface area contributed by atoms with E-state index in [1.807, 2.05) is 30.3 Å². The van der Waals surface area contributed by atoms with E-state index in [0.29, 0.717) is 5.82 Å². The van der Waals surface area contributed by atoms with Crippen LogP contribution >= 0.6 is 0 Å². The summed E-state index contributed by atoms with van der Waals surface area (Å²) in [7, 11) is 0. The number of hydrogen-bond donors (Lipinski definition) is 2. The van der Waals surface area contributed by atoms with E-state index in [0.717, 1.165) is 18.5 Å². The molecule has 1 saturated carbocycles. The van der Waals surface area contributed by atoms with Gasteiger partial charge in [0.1, 0.15) is 0 Å². The molecule has 6 heteroatoms. The van der Waals surface area contributed by atoms with Crippen molar-refractivity contribution in [3.8, 4) is 0 Å². The van der Waals surface area contributed by atoms with Gasteiger partial charge < -0.3 is 4.90 Å². The number of para-hydroxylation sites is 1. The molecule has 1 aliphatic rings. The Bertz CT molecular complexity index is 627. The van der Waals surface area contributed by atoms with Gasteiger partial charge in [-0.1, -0.05) is 18.2 Å². The second-order valence-corrected chi connectivity index (χ2v) is 4.66. The fraction of sp³-hybridized carbons (Fsp3) is 0.308. The summed E-state index contributed by atoms with van der Waals surface area (Å²) >= 11 is 0. The predicted molar refractivity (Wildman–Crippen MR) is 69.6 cm³/mol. The van der Waals surface area contributed by atoms with Gasteiger partial charge in [-0.2, -0.15) is 5.10 Å². The molecular weight excluding hydrogens is 244 g/mol. The first-order valence-electron chi connectivity index (χ1n) is 6.24. The normalized spacial score (nSPS) is 14.3. The van der Waals surface area contributed by atoms with Gasteiger partial charge in [0.2, 0.25) is 5.91 Å². The summed E-state index contributed by atoms with van der Waals surface area (Å²) in [6, 6.07) is 9.43. The Morgan fingerprint density at radius 3 is 2.63 bits per heavy atom. The average Bonchev–Trinajstić information content (AvgIpc) is 3.20. The standard InChI is InChI=1S/C13H14N4O2/c18-12(9-6-7-9)17(10-4-2-1-3-5-10)8-11-14-13(19)16-15-11/h1-5,9H,6-8H2,(H2,14,15,16,19). The number of anilines is 1. The summed E-state index contributed by atoms with van der Waals surface area (Å²) in [5.41, 5.74) is 0.463. The number of aromatic nitrogens is 3. The van der Waals surface area contributed by atoms with Crippen molar-refractivity contribution in [2.75, 3.05) is 4.90 Å². The molecule has 2 N–H and O–H groups in total. The van der Waals surface area contributed by atoms with Crippen LogP contribution in [-0.2, 0) is 11.3 Å². The molecule has 0 radical (unpaired) electrons. The minimum Gasteiger partial charge on any atom is -0.305 e. The molecule has 1 heterocycles. The summed E-state index contributed by atoms with van der Waals surface area (Å²) in [5.74, 6) is 0.670. The third-order valence-electron chi connectivity index (χ3n) is 3.12. The highest BCUT2D eigenvalue weighted by atomic mass is 16.2. The number of amides is 1. The minimum atomic E-state index is -0.359. The number of nitrogens with zero attached hydrogens (tertiary/aromatic N) is 2. The Balaban J connectivity index is 1.87. The quantitative estimate of drug-likeness (QED) is 0.859. The van der Waals surface area contributed by atoms with Gasteiger partial charge in [-0.15, -0.1) is 0 Å². The van der Waals surface area contributed by atoms with E-state index in [4.69, 9.17) is 0 Å². The lowest BCUT2D eigenvalue weighted by atomic mass is 10.2. The van der Waals surface area contributed by atoms with Crippen LogP contribution in [0.15, 0.2) is 35.1 Å². The summed E-state index contributed by atoms with van der Waals surface area (Å²) in [5, 5.41) is 6.17. The maximum Gasteiger partial charge on any atom is 0.340 e. The number of H-pyrrole nitrogens is 2. The third-order valence-corrected chi connectivity index (χ3v) is 3.12. The summed E-state index contributed by atoms with van der Waals surface area (Å²) < 4.78 is 0. The Morgan fingerprint density at radius 1 is 1.32 bits per heavy atom. The Kier molecular flexibility index (Phi) is 2.91. The number of carbonyl (C=O) groups is 1. The highest BCUT2D eigenvalue weighted by Crippen LogP contribution is 2.33. The third kappa shape index (κ3) is 2.57. The second-order valence-electron chi connectivity index (χ2n) is 4.66. The highest BCUT2D eigenvalue weighted by molar-refractivity contribution is 5.96. The maximum absolute atomic E-state index is 12.3. The van der Waals surface area contributed by atoms with Gasteiger partial charge in [0.15, 0.2) is 5.82 Å². The summed E-state index contributed by atoms with van der Waals surface area (Å²) in [6.07, 6.45) is 1.89. The van der Waals surface area contributed by atoms with Crippen molar-refractivity contribution < 1.29 is 4.79 Å². The lowest BCUT2D eigenvalue weighted by Gasteiger charge is -2.21. The Morgan fingerprint density at radius 2 is 2.05 bits per heavy atom.